The molecule has 2 atom stereocenters. The van der Waals surface area contributed by atoms with Gasteiger partial charge in [0.25, 0.3) is 0 Å². The van der Waals surface area contributed by atoms with E-state index in [0.29, 0.717) is 6.61 Å². The van der Waals surface area contributed by atoms with Crippen LogP contribution in [0.1, 0.15) is 38.8 Å². The second kappa shape index (κ2) is 6.61. The number of para-hydroxylation sites is 1. The van der Waals surface area contributed by atoms with Gasteiger partial charge in [-0.05, 0) is 12.0 Å². The molecule has 1 heterocycles. The van der Waals surface area contributed by atoms with E-state index in [1.165, 1.54) is 6.92 Å². The molecule has 0 radical (unpaired) electrons. The van der Waals surface area contributed by atoms with Crippen LogP contribution in [0.2, 0.25) is 0 Å². The lowest BCUT2D eigenvalue weighted by Crippen LogP contribution is -2.50. The Morgan fingerprint density at radius 1 is 1.29 bits per heavy atom. The van der Waals surface area contributed by atoms with E-state index in [9.17, 15) is 9.59 Å². The molecule has 0 fully saturated rings. The summed E-state index contributed by atoms with van der Waals surface area (Å²) in [4.78, 5) is 23.7. The third-order valence-electron chi connectivity index (χ3n) is 3.58. The van der Waals surface area contributed by atoms with Gasteiger partial charge in [-0.15, -0.1) is 0 Å². The summed E-state index contributed by atoms with van der Waals surface area (Å²) in [5.41, 5.74) is 0.988. The molecule has 114 valence electrons. The molecule has 0 saturated heterocycles. The van der Waals surface area contributed by atoms with Crippen molar-refractivity contribution in [1.82, 2.24) is 10.6 Å². The van der Waals surface area contributed by atoms with Crippen molar-refractivity contribution in [2.24, 2.45) is 5.92 Å². The van der Waals surface area contributed by atoms with E-state index in [4.69, 9.17) is 4.74 Å². The van der Waals surface area contributed by atoms with E-state index in [2.05, 4.69) is 10.6 Å². The molecular formula is C16H22N2O3. The van der Waals surface area contributed by atoms with Crippen LogP contribution >= 0.6 is 0 Å². The molecule has 5 heteroatoms. The molecule has 0 unspecified atom stereocenters. The van der Waals surface area contributed by atoms with Crippen LogP contribution < -0.4 is 15.4 Å². The van der Waals surface area contributed by atoms with Crippen LogP contribution in [0.5, 0.6) is 5.75 Å². The van der Waals surface area contributed by atoms with Gasteiger partial charge >= 0.3 is 0 Å². The smallest absolute Gasteiger partial charge is 0.243 e. The highest BCUT2D eigenvalue weighted by molar-refractivity contribution is 5.87. The van der Waals surface area contributed by atoms with Crippen molar-refractivity contribution >= 4 is 11.8 Å². The zero-order chi connectivity index (χ0) is 15.4. The van der Waals surface area contributed by atoms with Gasteiger partial charge in [0.15, 0.2) is 0 Å². The Morgan fingerprint density at radius 3 is 2.67 bits per heavy atom. The molecule has 5 nitrogen and oxygen atoms in total. The quantitative estimate of drug-likeness (QED) is 0.888. The number of benzene rings is 1. The second-order valence-electron chi connectivity index (χ2n) is 5.66. The van der Waals surface area contributed by atoms with Crippen LogP contribution in [0.25, 0.3) is 0 Å². The Morgan fingerprint density at radius 2 is 2.00 bits per heavy atom. The normalized spacial score (nSPS) is 18.4. The van der Waals surface area contributed by atoms with Gasteiger partial charge in [-0.25, -0.2) is 0 Å². The topological polar surface area (TPSA) is 67.4 Å². The summed E-state index contributed by atoms with van der Waals surface area (Å²) in [5.74, 6) is 0.497. The fourth-order valence-electron chi connectivity index (χ4n) is 2.51. The number of hydrogen-bond acceptors (Lipinski definition) is 3. The predicted octanol–water partition coefficient (Wildman–Crippen LogP) is 1.79. The Kier molecular flexibility index (Phi) is 4.83. The molecule has 2 N–H and O–H groups in total. The first-order valence-corrected chi connectivity index (χ1v) is 7.28. The van der Waals surface area contributed by atoms with Crippen LogP contribution in [0.3, 0.4) is 0 Å². The van der Waals surface area contributed by atoms with E-state index < -0.39 is 6.04 Å². The summed E-state index contributed by atoms with van der Waals surface area (Å²) in [5, 5.41) is 5.74. The van der Waals surface area contributed by atoms with Crippen molar-refractivity contribution in [3.05, 3.63) is 29.8 Å². The van der Waals surface area contributed by atoms with Gasteiger partial charge in [0.2, 0.25) is 11.8 Å². The fourth-order valence-corrected chi connectivity index (χ4v) is 2.51. The Hall–Kier alpha value is -2.04. The molecule has 1 aromatic carbocycles. The molecule has 1 aliphatic rings. The van der Waals surface area contributed by atoms with Gasteiger partial charge in [0.05, 0.1) is 12.6 Å². The number of fused-ring (bicyclic) bond motifs is 1. The minimum atomic E-state index is -0.516. The minimum Gasteiger partial charge on any atom is -0.493 e. The van der Waals surface area contributed by atoms with Crippen LogP contribution in [0.15, 0.2) is 24.3 Å². The number of carbonyl (C=O) groups excluding carboxylic acids is 2. The van der Waals surface area contributed by atoms with Gasteiger partial charge in [-0.2, -0.15) is 0 Å². The number of nitrogens with one attached hydrogen (secondary N) is 2. The standard InChI is InChI=1S/C16H22N2O3/c1-10(2)15(17-11(3)19)16(20)18-13-8-9-21-14-7-5-4-6-12(13)14/h4-7,10,13,15H,8-9H2,1-3H3,(H,17,19)(H,18,20)/t13-,15-/m0/s1. The van der Waals surface area contributed by atoms with Crippen molar-refractivity contribution in [3.63, 3.8) is 0 Å². The van der Waals surface area contributed by atoms with E-state index in [1.807, 2.05) is 38.1 Å². The van der Waals surface area contributed by atoms with E-state index >= 15 is 0 Å². The van der Waals surface area contributed by atoms with Crippen molar-refractivity contribution < 1.29 is 14.3 Å². The van der Waals surface area contributed by atoms with Crippen molar-refractivity contribution in [3.8, 4) is 5.75 Å². The summed E-state index contributed by atoms with van der Waals surface area (Å²) >= 11 is 0. The minimum absolute atomic E-state index is 0.0315. The summed E-state index contributed by atoms with van der Waals surface area (Å²) in [7, 11) is 0. The van der Waals surface area contributed by atoms with Crippen LogP contribution in [-0.2, 0) is 9.59 Å². The van der Waals surface area contributed by atoms with Crippen molar-refractivity contribution in [1.29, 1.82) is 0 Å². The average molecular weight is 290 g/mol. The maximum Gasteiger partial charge on any atom is 0.243 e. The Bertz CT molecular complexity index is 528. The summed E-state index contributed by atoms with van der Waals surface area (Å²) in [6.45, 7) is 5.83. The van der Waals surface area contributed by atoms with Gasteiger partial charge in [-0.1, -0.05) is 32.0 Å². The average Bonchev–Trinajstić information content (AvgIpc) is 2.44. The van der Waals surface area contributed by atoms with Crippen molar-refractivity contribution in [2.75, 3.05) is 6.61 Å². The highest BCUT2D eigenvalue weighted by Crippen LogP contribution is 2.31. The van der Waals surface area contributed by atoms with Crippen LogP contribution in [-0.4, -0.2) is 24.5 Å². The molecule has 0 aromatic heterocycles. The molecule has 0 aliphatic carbocycles. The van der Waals surface area contributed by atoms with Crippen LogP contribution in [0, 0.1) is 5.92 Å². The lowest BCUT2D eigenvalue weighted by atomic mass is 9.98. The Labute approximate surface area is 125 Å². The maximum atomic E-state index is 12.4. The van der Waals surface area contributed by atoms with Gasteiger partial charge < -0.3 is 15.4 Å². The third-order valence-corrected chi connectivity index (χ3v) is 3.58. The molecule has 1 aliphatic heterocycles. The number of ether oxygens (including phenoxy) is 1. The Balaban J connectivity index is 2.10. The molecule has 0 spiro atoms. The molecule has 21 heavy (non-hydrogen) atoms. The van der Waals surface area contributed by atoms with E-state index in [-0.39, 0.29) is 23.8 Å². The first kappa shape index (κ1) is 15.4. The molecule has 0 bridgehead atoms. The lowest BCUT2D eigenvalue weighted by molar-refractivity contribution is -0.129. The van der Waals surface area contributed by atoms with E-state index in [1.54, 1.807) is 0 Å². The largest absolute Gasteiger partial charge is 0.493 e. The van der Waals surface area contributed by atoms with Gasteiger partial charge in [0.1, 0.15) is 11.8 Å². The van der Waals surface area contributed by atoms with Gasteiger partial charge in [-0.3, -0.25) is 9.59 Å². The molecule has 2 rings (SSSR count). The van der Waals surface area contributed by atoms with Crippen molar-refractivity contribution in [2.45, 2.75) is 39.3 Å². The second-order valence-corrected chi connectivity index (χ2v) is 5.66. The summed E-state index contributed by atoms with van der Waals surface area (Å²) < 4.78 is 5.59. The van der Waals surface area contributed by atoms with E-state index in [0.717, 1.165) is 17.7 Å². The summed E-state index contributed by atoms with van der Waals surface area (Å²) in [6, 6.07) is 7.12. The lowest BCUT2D eigenvalue weighted by Gasteiger charge is -2.29. The number of carbonyl (C=O) groups is 2. The zero-order valence-corrected chi connectivity index (χ0v) is 12.7. The highest BCUT2D eigenvalue weighted by Gasteiger charge is 2.28. The predicted molar refractivity (Wildman–Crippen MR) is 79.9 cm³/mol. The highest BCUT2D eigenvalue weighted by atomic mass is 16.5. The molecular weight excluding hydrogens is 268 g/mol. The molecule has 1 aromatic rings. The first-order valence-electron chi connectivity index (χ1n) is 7.28. The van der Waals surface area contributed by atoms with Crippen LogP contribution in [0.4, 0.5) is 0 Å². The fraction of sp³-hybridized carbons (Fsp3) is 0.500. The molecule has 2 amide bonds. The van der Waals surface area contributed by atoms with Gasteiger partial charge in [0, 0.05) is 18.9 Å². The third kappa shape index (κ3) is 3.74. The zero-order valence-electron chi connectivity index (χ0n) is 12.7. The summed E-state index contributed by atoms with van der Waals surface area (Å²) in [6.07, 6.45) is 0.730. The number of hydrogen-bond donors (Lipinski definition) is 2. The number of amides is 2. The first-order chi connectivity index (χ1) is 9.99. The SMILES string of the molecule is CC(=O)N[C@H](C(=O)N[C@H]1CCOc2ccccc21)C(C)C. The number of rotatable bonds is 4. The maximum absolute atomic E-state index is 12.4. The molecule has 0 saturated carbocycles. The monoisotopic (exact) mass is 290 g/mol.